The molecule has 17 heavy (non-hydrogen) atoms. The molecule has 2 rings (SSSR count). The Morgan fingerprint density at radius 1 is 1.29 bits per heavy atom. The van der Waals surface area contributed by atoms with E-state index in [1.165, 1.54) is 12.8 Å². The Bertz CT molecular complexity index is 276. The Morgan fingerprint density at radius 2 is 2.06 bits per heavy atom. The molecule has 2 bridgehead atoms. The van der Waals surface area contributed by atoms with Crippen molar-refractivity contribution in [2.45, 2.75) is 51.7 Å². The SMILES string of the molecule is CC(C)(C)OC(=O)N1C[C@@H]2CCC[C@H]1CNC2. The minimum absolute atomic E-state index is 0.141. The minimum Gasteiger partial charge on any atom is -0.444 e. The molecule has 2 heterocycles. The number of ether oxygens (including phenoxy) is 1. The van der Waals surface area contributed by atoms with Gasteiger partial charge in [0.15, 0.2) is 0 Å². The molecule has 98 valence electrons. The summed E-state index contributed by atoms with van der Waals surface area (Å²) >= 11 is 0. The van der Waals surface area contributed by atoms with Crippen LogP contribution in [0.25, 0.3) is 0 Å². The summed E-state index contributed by atoms with van der Waals surface area (Å²) in [6.45, 7) is 8.57. The van der Waals surface area contributed by atoms with Gasteiger partial charge in [0, 0.05) is 19.1 Å². The number of hydrogen-bond donors (Lipinski definition) is 1. The van der Waals surface area contributed by atoms with Gasteiger partial charge >= 0.3 is 6.09 Å². The highest BCUT2D eigenvalue weighted by Gasteiger charge is 2.34. The summed E-state index contributed by atoms with van der Waals surface area (Å²) in [5.41, 5.74) is -0.398. The van der Waals surface area contributed by atoms with Gasteiger partial charge in [-0.05, 0) is 46.1 Å². The van der Waals surface area contributed by atoms with Crippen LogP contribution in [-0.4, -0.2) is 42.3 Å². The molecule has 2 atom stereocenters. The molecule has 2 fully saturated rings. The summed E-state index contributed by atoms with van der Waals surface area (Å²) in [5, 5.41) is 3.45. The van der Waals surface area contributed by atoms with Crippen LogP contribution in [0.1, 0.15) is 40.0 Å². The molecule has 4 nitrogen and oxygen atoms in total. The first-order chi connectivity index (χ1) is 7.96. The van der Waals surface area contributed by atoms with Crippen LogP contribution in [0.4, 0.5) is 4.79 Å². The molecule has 0 aliphatic carbocycles. The van der Waals surface area contributed by atoms with Gasteiger partial charge in [-0.1, -0.05) is 6.42 Å². The molecule has 2 aliphatic rings. The van der Waals surface area contributed by atoms with E-state index < -0.39 is 5.60 Å². The molecular formula is C13H24N2O2. The first-order valence-corrected chi connectivity index (χ1v) is 6.66. The van der Waals surface area contributed by atoms with E-state index in [-0.39, 0.29) is 6.09 Å². The Hall–Kier alpha value is -0.770. The predicted octanol–water partition coefficient (Wildman–Crippen LogP) is 2.00. The van der Waals surface area contributed by atoms with Gasteiger partial charge in [0.25, 0.3) is 0 Å². The molecule has 2 aliphatic heterocycles. The summed E-state index contributed by atoms with van der Waals surface area (Å²) < 4.78 is 5.50. The Labute approximate surface area is 104 Å². The van der Waals surface area contributed by atoms with E-state index in [4.69, 9.17) is 4.74 Å². The molecule has 0 saturated carbocycles. The summed E-state index contributed by atoms with van der Waals surface area (Å²) in [6, 6.07) is 0.317. The van der Waals surface area contributed by atoms with Crippen molar-refractivity contribution in [2.75, 3.05) is 19.6 Å². The molecule has 0 spiro atoms. The van der Waals surface area contributed by atoms with Gasteiger partial charge in [0.05, 0.1) is 0 Å². The van der Waals surface area contributed by atoms with Gasteiger partial charge in [-0.2, -0.15) is 0 Å². The normalized spacial score (nSPS) is 29.7. The Balaban J connectivity index is 2.06. The number of nitrogens with one attached hydrogen (secondary N) is 1. The van der Waals surface area contributed by atoms with E-state index in [0.717, 1.165) is 26.1 Å². The number of nitrogens with zero attached hydrogens (tertiary/aromatic N) is 1. The van der Waals surface area contributed by atoms with Crippen LogP contribution in [0, 0.1) is 5.92 Å². The van der Waals surface area contributed by atoms with Crippen LogP contribution < -0.4 is 5.32 Å². The lowest BCUT2D eigenvalue weighted by Crippen LogP contribution is -2.45. The smallest absolute Gasteiger partial charge is 0.410 e. The summed E-state index contributed by atoms with van der Waals surface area (Å²) in [7, 11) is 0. The second kappa shape index (κ2) is 4.84. The second-order valence-electron chi connectivity index (χ2n) is 6.24. The molecule has 1 amide bonds. The predicted molar refractivity (Wildman–Crippen MR) is 66.9 cm³/mol. The topological polar surface area (TPSA) is 41.6 Å². The number of amides is 1. The minimum atomic E-state index is -0.398. The van der Waals surface area contributed by atoms with Crippen LogP contribution in [0.2, 0.25) is 0 Å². The maximum absolute atomic E-state index is 12.2. The fourth-order valence-electron chi connectivity index (χ4n) is 2.69. The van der Waals surface area contributed by atoms with Gasteiger partial charge in [0.2, 0.25) is 0 Å². The van der Waals surface area contributed by atoms with E-state index in [1.54, 1.807) is 0 Å². The third kappa shape index (κ3) is 3.35. The standard InChI is InChI=1S/C13H24N2O2/c1-13(2,3)17-12(16)15-9-10-5-4-6-11(15)8-14-7-10/h10-11,14H,4-9H2,1-3H3/t10-,11+/m1/s1. The maximum atomic E-state index is 12.2. The van der Waals surface area contributed by atoms with Gasteiger partial charge < -0.3 is 15.0 Å². The summed E-state index contributed by atoms with van der Waals surface area (Å²) in [4.78, 5) is 14.1. The van der Waals surface area contributed by atoms with Crippen molar-refractivity contribution >= 4 is 6.09 Å². The van der Waals surface area contributed by atoms with Crippen molar-refractivity contribution in [3.63, 3.8) is 0 Å². The highest BCUT2D eigenvalue weighted by molar-refractivity contribution is 5.68. The van der Waals surface area contributed by atoms with E-state index in [1.807, 2.05) is 25.7 Å². The first-order valence-electron chi connectivity index (χ1n) is 6.66. The number of hydrogen-bond acceptors (Lipinski definition) is 3. The lowest BCUT2D eigenvalue weighted by Gasteiger charge is -2.31. The monoisotopic (exact) mass is 240 g/mol. The molecule has 0 radical (unpaired) electrons. The molecule has 4 heteroatoms. The molecule has 0 aromatic carbocycles. The lowest BCUT2D eigenvalue weighted by atomic mass is 10.0. The van der Waals surface area contributed by atoms with Crippen molar-refractivity contribution in [1.82, 2.24) is 10.2 Å². The van der Waals surface area contributed by atoms with Gasteiger partial charge in [-0.3, -0.25) is 0 Å². The highest BCUT2D eigenvalue weighted by atomic mass is 16.6. The molecule has 0 aromatic rings. The molecular weight excluding hydrogens is 216 g/mol. The van der Waals surface area contributed by atoms with Crippen LogP contribution >= 0.6 is 0 Å². The number of fused-ring (bicyclic) bond motifs is 3. The quantitative estimate of drug-likeness (QED) is 0.704. The molecule has 2 saturated heterocycles. The van der Waals surface area contributed by atoms with E-state index in [0.29, 0.717) is 12.0 Å². The van der Waals surface area contributed by atoms with Crippen LogP contribution in [0.15, 0.2) is 0 Å². The number of carbonyl (C=O) groups excluding carboxylic acids is 1. The number of rotatable bonds is 0. The summed E-state index contributed by atoms with van der Waals surface area (Å²) in [5.74, 6) is 0.593. The fraction of sp³-hybridized carbons (Fsp3) is 0.923. The molecule has 0 aromatic heterocycles. The Kier molecular flexibility index (Phi) is 3.61. The lowest BCUT2D eigenvalue weighted by molar-refractivity contribution is 0.0166. The zero-order chi connectivity index (χ0) is 12.5. The van der Waals surface area contributed by atoms with E-state index in [9.17, 15) is 4.79 Å². The summed E-state index contributed by atoms with van der Waals surface area (Å²) in [6.07, 6.45) is 3.42. The zero-order valence-electron chi connectivity index (χ0n) is 11.2. The first kappa shape index (κ1) is 12.7. The van der Waals surface area contributed by atoms with Crippen molar-refractivity contribution in [3.05, 3.63) is 0 Å². The number of carbonyl (C=O) groups is 1. The Morgan fingerprint density at radius 3 is 2.76 bits per heavy atom. The zero-order valence-corrected chi connectivity index (χ0v) is 11.2. The van der Waals surface area contributed by atoms with E-state index >= 15 is 0 Å². The largest absolute Gasteiger partial charge is 0.444 e. The second-order valence-corrected chi connectivity index (χ2v) is 6.24. The van der Waals surface area contributed by atoms with Crippen LogP contribution in [0.5, 0.6) is 0 Å². The van der Waals surface area contributed by atoms with Gasteiger partial charge in [-0.25, -0.2) is 4.79 Å². The van der Waals surface area contributed by atoms with Crippen molar-refractivity contribution < 1.29 is 9.53 Å². The van der Waals surface area contributed by atoms with Crippen LogP contribution in [0.3, 0.4) is 0 Å². The van der Waals surface area contributed by atoms with Gasteiger partial charge in [-0.15, -0.1) is 0 Å². The maximum Gasteiger partial charge on any atom is 0.410 e. The average Bonchev–Trinajstić information content (AvgIpc) is 2.44. The third-order valence-corrected chi connectivity index (χ3v) is 3.49. The average molecular weight is 240 g/mol. The molecule has 0 unspecified atom stereocenters. The molecule has 1 N–H and O–H groups in total. The van der Waals surface area contributed by atoms with Crippen molar-refractivity contribution in [1.29, 1.82) is 0 Å². The fourth-order valence-corrected chi connectivity index (χ4v) is 2.69. The van der Waals surface area contributed by atoms with Crippen molar-refractivity contribution in [2.24, 2.45) is 5.92 Å². The van der Waals surface area contributed by atoms with E-state index in [2.05, 4.69) is 5.32 Å². The van der Waals surface area contributed by atoms with Crippen LogP contribution in [-0.2, 0) is 4.74 Å². The third-order valence-electron chi connectivity index (χ3n) is 3.49. The van der Waals surface area contributed by atoms with Gasteiger partial charge in [0.1, 0.15) is 5.60 Å². The van der Waals surface area contributed by atoms with Crippen molar-refractivity contribution in [3.8, 4) is 0 Å². The highest BCUT2D eigenvalue weighted by Crippen LogP contribution is 2.25.